The molecule has 2 rings (SSSR count). The molecule has 0 aliphatic heterocycles. The molecule has 21 heavy (non-hydrogen) atoms. The van der Waals surface area contributed by atoms with Crippen LogP contribution in [0, 0.1) is 11.6 Å². The van der Waals surface area contributed by atoms with E-state index in [-0.39, 0.29) is 6.61 Å². The maximum absolute atomic E-state index is 13.7. The van der Waals surface area contributed by atoms with Crippen LogP contribution in [0.3, 0.4) is 0 Å². The fourth-order valence-electron chi connectivity index (χ4n) is 1.95. The van der Waals surface area contributed by atoms with Gasteiger partial charge in [-0.25, -0.2) is 17.2 Å². The number of sulfonamides is 1. The number of rotatable bonds is 6. The molecule has 0 heterocycles. The zero-order valence-electron chi connectivity index (χ0n) is 11.4. The minimum absolute atomic E-state index is 0.103. The molecule has 1 aliphatic rings. The molecule has 1 fully saturated rings. The van der Waals surface area contributed by atoms with E-state index in [2.05, 4.69) is 0 Å². The summed E-state index contributed by atoms with van der Waals surface area (Å²) in [4.78, 5) is 10.5. The molecule has 1 aromatic carbocycles. The van der Waals surface area contributed by atoms with Gasteiger partial charge < -0.3 is 4.74 Å². The summed E-state index contributed by atoms with van der Waals surface area (Å²) in [6, 6.07) is 2.39. The molecular weight excluding hydrogens is 304 g/mol. The van der Waals surface area contributed by atoms with Gasteiger partial charge >= 0.3 is 5.97 Å². The van der Waals surface area contributed by atoms with Gasteiger partial charge in [0.1, 0.15) is 18.2 Å². The van der Waals surface area contributed by atoms with Crippen molar-refractivity contribution >= 4 is 16.0 Å². The third-order valence-electron chi connectivity index (χ3n) is 3.03. The van der Waals surface area contributed by atoms with E-state index in [0.717, 1.165) is 22.5 Å². The van der Waals surface area contributed by atoms with Crippen LogP contribution in [0.1, 0.15) is 19.8 Å². The Morgan fingerprint density at radius 1 is 1.33 bits per heavy atom. The van der Waals surface area contributed by atoms with Crippen LogP contribution in [0.25, 0.3) is 0 Å². The summed E-state index contributed by atoms with van der Waals surface area (Å²) in [5.74, 6) is -3.10. The van der Waals surface area contributed by atoms with Crippen molar-refractivity contribution in [2.75, 3.05) is 13.2 Å². The molecule has 0 N–H and O–H groups in total. The summed E-state index contributed by atoms with van der Waals surface area (Å²) in [5, 5.41) is 0. The second kappa shape index (κ2) is 6.07. The van der Waals surface area contributed by atoms with Gasteiger partial charge in [0, 0.05) is 6.04 Å². The molecule has 0 bridgehead atoms. The second-order valence-corrected chi connectivity index (χ2v) is 6.46. The van der Waals surface area contributed by atoms with Gasteiger partial charge in [0.25, 0.3) is 0 Å². The number of halogens is 2. The third kappa shape index (κ3) is 3.38. The Hall–Kier alpha value is -1.54. The maximum atomic E-state index is 13.7. The minimum Gasteiger partial charge on any atom is -0.465 e. The van der Waals surface area contributed by atoms with Crippen molar-refractivity contribution in [1.29, 1.82) is 0 Å². The van der Waals surface area contributed by atoms with Gasteiger partial charge in [-0.2, -0.15) is 4.31 Å². The molecule has 0 amide bonds. The molecule has 5 nitrogen and oxygen atoms in total. The Kier molecular flexibility index (Phi) is 4.58. The van der Waals surface area contributed by atoms with Gasteiger partial charge in [-0.05, 0) is 31.9 Å². The number of hydrogen-bond acceptors (Lipinski definition) is 4. The molecule has 1 aliphatic carbocycles. The normalized spacial score (nSPS) is 15.2. The van der Waals surface area contributed by atoms with Crippen molar-refractivity contribution in [3.05, 3.63) is 29.8 Å². The van der Waals surface area contributed by atoms with Gasteiger partial charge in [-0.1, -0.05) is 6.07 Å². The van der Waals surface area contributed by atoms with Crippen LogP contribution in [0.2, 0.25) is 0 Å². The van der Waals surface area contributed by atoms with Crippen molar-refractivity contribution in [3.8, 4) is 0 Å². The molecule has 0 spiro atoms. The quantitative estimate of drug-likeness (QED) is 0.749. The van der Waals surface area contributed by atoms with Crippen LogP contribution in [-0.4, -0.2) is 37.9 Å². The van der Waals surface area contributed by atoms with Crippen LogP contribution in [0.4, 0.5) is 8.78 Å². The lowest BCUT2D eigenvalue weighted by Crippen LogP contribution is -2.39. The van der Waals surface area contributed by atoms with E-state index in [9.17, 15) is 22.0 Å². The number of benzene rings is 1. The first kappa shape index (κ1) is 15.8. The van der Waals surface area contributed by atoms with E-state index in [0.29, 0.717) is 12.8 Å². The summed E-state index contributed by atoms with van der Waals surface area (Å²) < 4.78 is 57.8. The smallest absolute Gasteiger partial charge is 0.321 e. The van der Waals surface area contributed by atoms with Gasteiger partial charge in [0.15, 0.2) is 4.90 Å². The molecule has 0 atom stereocenters. The summed E-state index contributed by atoms with van der Waals surface area (Å²) in [6.45, 7) is 1.14. The van der Waals surface area contributed by atoms with Gasteiger partial charge in [0.05, 0.1) is 6.61 Å². The van der Waals surface area contributed by atoms with Crippen LogP contribution in [0.15, 0.2) is 23.1 Å². The van der Waals surface area contributed by atoms with Crippen molar-refractivity contribution in [2.45, 2.75) is 30.7 Å². The Balaban J connectivity index is 2.37. The standard InChI is InChI=1S/C13H15F2NO4S/c1-2-20-12(17)8-16(9-6-7-9)21(18,19)13-10(14)4-3-5-11(13)15/h3-5,9H,2,6-8H2,1H3. The average Bonchev–Trinajstić information content (AvgIpc) is 3.19. The summed E-state index contributed by atoms with van der Waals surface area (Å²) in [5.41, 5.74) is 0. The average molecular weight is 319 g/mol. The monoisotopic (exact) mass is 319 g/mol. The Morgan fingerprint density at radius 3 is 2.38 bits per heavy atom. The van der Waals surface area contributed by atoms with E-state index >= 15 is 0 Å². The highest BCUT2D eigenvalue weighted by Gasteiger charge is 2.41. The molecule has 0 radical (unpaired) electrons. The zero-order chi connectivity index (χ0) is 15.6. The van der Waals surface area contributed by atoms with Crippen LogP contribution < -0.4 is 0 Å². The van der Waals surface area contributed by atoms with Gasteiger partial charge in [-0.15, -0.1) is 0 Å². The predicted molar refractivity (Wildman–Crippen MR) is 69.9 cm³/mol. The fourth-order valence-corrected chi connectivity index (χ4v) is 3.70. The lowest BCUT2D eigenvalue weighted by atomic mass is 10.3. The molecule has 0 saturated heterocycles. The van der Waals surface area contributed by atoms with Crippen molar-refractivity contribution in [3.63, 3.8) is 0 Å². The van der Waals surface area contributed by atoms with Gasteiger partial charge in [0.2, 0.25) is 10.0 Å². The van der Waals surface area contributed by atoms with Crippen LogP contribution in [-0.2, 0) is 19.6 Å². The molecule has 1 saturated carbocycles. The summed E-state index contributed by atoms with van der Waals surface area (Å²) >= 11 is 0. The van der Waals surface area contributed by atoms with E-state index in [1.807, 2.05) is 0 Å². The fraction of sp³-hybridized carbons (Fsp3) is 0.462. The first-order valence-electron chi connectivity index (χ1n) is 6.49. The molecule has 0 aromatic heterocycles. The molecule has 0 unspecified atom stereocenters. The number of nitrogens with zero attached hydrogens (tertiary/aromatic N) is 1. The first-order valence-corrected chi connectivity index (χ1v) is 7.93. The topological polar surface area (TPSA) is 63.7 Å². The summed E-state index contributed by atoms with van der Waals surface area (Å²) in [7, 11) is -4.43. The van der Waals surface area contributed by atoms with E-state index in [1.165, 1.54) is 0 Å². The zero-order valence-corrected chi connectivity index (χ0v) is 12.2. The van der Waals surface area contributed by atoms with E-state index < -0.39 is 45.1 Å². The molecule has 8 heteroatoms. The van der Waals surface area contributed by atoms with Crippen molar-refractivity contribution in [1.82, 2.24) is 4.31 Å². The Morgan fingerprint density at radius 2 is 1.90 bits per heavy atom. The lowest BCUT2D eigenvalue weighted by Gasteiger charge is -2.21. The largest absolute Gasteiger partial charge is 0.465 e. The van der Waals surface area contributed by atoms with E-state index in [4.69, 9.17) is 4.74 Å². The Bertz CT molecular complexity index is 623. The highest BCUT2D eigenvalue weighted by molar-refractivity contribution is 7.89. The van der Waals surface area contributed by atoms with Gasteiger partial charge in [-0.3, -0.25) is 4.79 Å². The van der Waals surface area contributed by atoms with Crippen molar-refractivity contribution < 1.29 is 26.7 Å². The number of esters is 1. The maximum Gasteiger partial charge on any atom is 0.321 e. The summed E-state index contributed by atoms with van der Waals surface area (Å²) in [6.07, 6.45) is 1.10. The SMILES string of the molecule is CCOC(=O)CN(C1CC1)S(=O)(=O)c1c(F)cccc1F. The highest BCUT2D eigenvalue weighted by Crippen LogP contribution is 2.33. The van der Waals surface area contributed by atoms with E-state index in [1.54, 1.807) is 6.92 Å². The number of carbonyl (C=O) groups is 1. The second-order valence-electron chi connectivity index (χ2n) is 4.64. The first-order chi connectivity index (χ1) is 9.87. The highest BCUT2D eigenvalue weighted by atomic mass is 32.2. The molecule has 116 valence electrons. The number of carbonyl (C=O) groups excluding carboxylic acids is 1. The molecule has 1 aromatic rings. The molecular formula is C13H15F2NO4S. The number of ether oxygens (including phenoxy) is 1. The Labute approximate surface area is 121 Å². The lowest BCUT2D eigenvalue weighted by molar-refractivity contribution is -0.143. The van der Waals surface area contributed by atoms with Crippen LogP contribution in [0.5, 0.6) is 0 Å². The minimum atomic E-state index is -4.43. The van der Waals surface area contributed by atoms with Crippen LogP contribution >= 0.6 is 0 Å². The van der Waals surface area contributed by atoms with Crippen molar-refractivity contribution in [2.24, 2.45) is 0 Å². The third-order valence-corrected chi connectivity index (χ3v) is 4.98. The predicted octanol–water partition coefficient (Wildman–Crippen LogP) is 1.68. The number of hydrogen-bond donors (Lipinski definition) is 0.